The van der Waals surface area contributed by atoms with Crippen LogP contribution in [0.25, 0.3) is 0 Å². The van der Waals surface area contributed by atoms with Gasteiger partial charge < -0.3 is 14.6 Å². The van der Waals surface area contributed by atoms with Gasteiger partial charge in [0, 0.05) is 51.8 Å². The summed E-state index contributed by atoms with van der Waals surface area (Å²) in [7, 11) is 2.01. The molecule has 1 amide bonds. The van der Waals surface area contributed by atoms with Crippen LogP contribution >= 0.6 is 11.8 Å². The average Bonchev–Trinajstić information content (AvgIpc) is 3.27. The van der Waals surface area contributed by atoms with Crippen LogP contribution in [-0.4, -0.2) is 70.7 Å². The molecule has 0 bridgehead atoms. The van der Waals surface area contributed by atoms with Crippen molar-refractivity contribution in [2.45, 2.75) is 43.7 Å². The highest BCUT2D eigenvalue weighted by atomic mass is 32.2. The van der Waals surface area contributed by atoms with E-state index < -0.39 is 0 Å². The number of hydrogen-bond acceptors (Lipinski definition) is 6. The van der Waals surface area contributed by atoms with Gasteiger partial charge in [-0.2, -0.15) is 0 Å². The number of carbonyl (C=O) groups excluding carboxylic acids is 1. The Hall–Kier alpha value is -1.12. The second kappa shape index (κ2) is 10.3. The van der Waals surface area contributed by atoms with E-state index in [0.717, 1.165) is 56.0 Å². The van der Waals surface area contributed by atoms with Crippen LogP contribution in [-0.2, 0) is 23.0 Å². The molecule has 1 aliphatic carbocycles. The number of nitrogens with one attached hydrogen (secondary N) is 1. The lowest BCUT2D eigenvalue weighted by Gasteiger charge is -2.26. The molecule has 7 nitrogen and oxygen atoms in total. The molecule has 0 aromatic carbocycles. The maximum absolute atomic E-state index is 12.0. The molecule has 1 saturated heterocycles. The predicted octanol–water partition coefficient (Wildman–Crippen LogP) is 1.48. The Labute approximate surface area is 160 Å². The minimum Gasteiger partial charge on any atom is -0.379 e. The molecule has 0 radical (unpaired) electrons. The van der Waals surface area contributed by atoms with Gasteiger partial charge in [-0.15, -0.1) is 10.2 Å². The molecular formula is C18H31N5O2S. The van der Waals surface area contributed by atoms with Crippen molar-refractivity contribution in [2.24, 2.45) is 13.0 Å². The minimum absolute atomic E-state index is 0.180. The molecule has 0 atom stereocenters. The van der Waals surface area contributed by atoms with Gasteiger partial charge in [-0.1, -0.05) is 24.6 Å². The van der Waals surface area contributed by atoms with Crippen LogP contribution in [0.15, 0.2) is 5.16 Å². The highest BCUT2D eigenvalue weighted by Crippen LogP contribution is 2.27. The van der Waals surface area contributed by atoms with Crippen molar-refractivity contribution < 1.29 is 9.53 Å². The van der Waals surface area contributed by atoms with Gasteiger partial charge in [0.15, 0.2) is 5.16 Å². The van der Waals surface area contributed by atoms with Gasteiger partial charge >= 0.3 is 0 Å². The summed E-state index contributed by atoms with van der Waals surface area (Å²) in [5.74, 6) is 2.71. The van der Waals surface area contributed by atoms with Gasteiger partial charge in [0.25, 0.3) is 0 Å². The third kappa shape index (κ3) is 5.96. The van der Waals surface area contributed by atoms with Gasteiger partial charge in [0.1, 0.15) is 5.82 Å². The Bertz CT molecular complexity index is 568. The number of nitrogens with zero attached hydrogens (tertiary/aromatic N) is 4. The normalized spacial score (nSPS) is 19.1. The van der Waals surface area contributed by atoms with Crippen molar-refractivity contribution in [2.75, 3.05) is 45.1 Å². The molecule has 8 heteroatoms. The molecule has 2 fully saturated rings. The van der Waals surface area contributed by atoms with Gasteiger partial charge in [-0.3, -0.25) is 9.69 Å². The number of hydrogen-bond donors (Lipinski definition) is 1. The fourth-order valence-corrected chi connectivity index (χ4v) is 4.57. The summed E-state index contributed by atoms with van der Waals surface area (Å²) in [5, 5.41) is 12.6. The van der Waals surface area contributed by atoms with E-state index in [0.29, 0.717) is 18.9 Å². The van der Waals surface area contributed by atoms with Crippen LogP contribution in [0.4, 0.5) is 0 Å². The number of thioether (sulfide) groups is 1. The molecular weight excluding hydrogens is 350 g/mol. The molecule has 2 heterocycles. The second-order valence-electron chi connectivity index (χ2n) is 7.21. The number of amides is 1. The number of carbonyl (C=O) groups is 1. The van der Waals surface area contributed by atoms with Crippen LogP contribution in [0, 0.1) is 5.92 Å². The Morgan fingerprint density at radius 1 is 1.27 bits per heavy atom. The first kappa shape index (κ1) is 19.6. The van der Waals surface area contributed by atoms with E-state index in [1.54, 1.807) is 11.8 Å². The third-order valence-corrected chi connectivity index (χ3v) is 6.29. The molecule has 0 spiro atoms. The zero-order valence-electron chi connectivity index (χ0n) is 15.8. The summed E-state index contributed by atoms with van der Waals surface area (Å²) in [6.45, 7) is 5.40. The zero-order chi connectivity index (χ0) is 18.2. The highest BCUT2D eigenvalue weighted by Gasteiger charge is 2.18. The van der Waals surface area contributed by atoms with Crippen LogP contribution in [0.1, 0.15) is 37.9 Å². The maximum Gasteiger partial charge on any atom is 0.220 e. The first-order valence-electron chi connectivity index (χ1n) is 9.80. The topological polar surface area (TPSA) is 72.3 Å². The Balaban J connectivity index is 1.34. The van der Waals surface area contributed by atoms with Gasteiger partial charge in [0.2, 0.25) is 5.91 Å². The first-order chi connectivity index (χ1) is 12.7. The number of morpholine rings is 1. The van der Waals surface area contributed by atoms with Crippen molar-refractivity contribution in [1.82, 2.24) is 25.0 Å². The zero-order valence-corrected chi connectivity index (χ0v) is 16.6. The lowest BCUT2D eigenvalue weighted by molar-refractivity contribution is -0.121. The lowest BCUT2D eigenvalue weighted by Crippen LogP contribution is -2.37. The number of ether oxygens (including phenoxy) is 1. The molecule has 1 aliphatic heterocycles. The van der Waals surface area contributed by atoms with E-state index in [1.807, 2.05) is 11.6 Å². The largest absolute Gasteiger partial charge is 0.379 e. The Morgan fingerprint density at radius 2 is 2.04 bits per heavy atom. The average molecular weight is 382 g/mol. The molecule has 1 saturated carbocycles. The minimum atomic E-state index is 0.180. The van der Waals surface area contributed by atoms with Crippen molar-refractivity contribution in [3.8, 4) is 0 Å². The summed E-state index contributed by atoms with van der Waals surface area (Å²) >= 11 is 1.74. The molecule has 1 aromatic heterocycles. The molecule has 1 N–H and O–H groups in total. The fourth-order valence-electron chi connectivity index (χ4n) is 3.64. The summed E-state index contributed by atoms with van der Waals surface area (Å²) in [4.78, 5) is 14.4. The van der Waals surface area contributed by atoms with Gasteiger partial charge in [-0.05, 0) is 18.8 Å². The SMILES string of the molecule is Cn1c(CCNC(=O)CC2CCCC2)nnc1SCCN1CCOCC1. The van der Waals surface area contributed by atoms with Crippen LogP contribution in [0.2, 0.25) is 0 Å². The number of rotatable bonds is 9. The molecule has 0 unspecified atom stereocenters. The van der Waals surface area contributed by atoms with Crippen molar-refractivity contribution in [3.05, 3.63) is 5.82 Å². The van der Waals surface area contributed by atoms with Gasteiger partial charge in [-0.25, -0.2) is 0 Å². The summed E-state index contributed by atoms with van der Waals surface area (Å²) in [6.07, 6.45) is 6.39. The van der Waals surface area contributed by atoms with Crippen molar-refractivity contribution in [3.63, 3.8) is 0 Å². The van der Waals surface area contributed by atoms with E-state index in [4.69, 9.17) is 4.74 Å². The third-order valence-electron chi connectivity index (χ3n) is 5.29. The van der Waals surface area contributed by atoms with Crippen LogP contribution < -0.4 is 5.32 Å². The van der Waals surface area contributed by atoms with Crippen LogP contribution in [0.5, 0.6) is 0 Å². The summed E-state index contributed by atoms with van der Waals surface area (Å²) in [5.41, 5.74) is 0. The molecule has 1 aromatic rings. The van der Waals surface area contributed by atoms with E-state index in [9.17, 15) is 4.79 Å². The van der Waals surface area contributed by atoms with Crippen LogP contribution in [0.3, 0.4) is 0 Å². The predicted molar refractivity (Wildman–Crippen MR) is 102 cm³/mol. The highest BCUT2D eigenvalue weighted by molar-refractivity contribution is 7.99. The summed E-state index contributed by atoms with van der Waals surface area (Å²) < 4.78 is 7.42. The smallest absolute Gasteiger partial charge is 0.220 e. The first-order valence-corrected chi connectivity index (χ1v) is 10.8. The molecule has 3 rings (SSSR count). The van der Waals surface area contributed by atoms with E-state index >= 15 is 0 Å². The lowest BCUT2D eigenvalue weighted by atomic mass is 10.0. The maximum atomic E-state index is 12.0. The standard InChI is InChI=1S/C18H31N5O2S/c1-22-16(6-7-19-17(24)14-15-4-2-3-5-15)20-21-18(22)26-13-10-23-8-11-25-12-9-23/h15H,2-14H2,1H3,(H,19,24). The monoisotopic (exact) mass is 381 g/mol. The Morgan fingerprint density at radius 3 is 2.81 bits per heavy atom. The fraction of sp³-hybridized carbons (Fsp3) is 0.833. The van der Waals surface area contributed by atoms with E-state index in [1.165, 1.54) is 25.7 Å². The van der Waals surface area contributed by atoms with Gasteiger partial charge in [0.05, 0.1) is 13.2 Å². The molecule has 26 heavy (non-hydrogen) atoms. The van der Waals surface area contributed by atoms with E-state index in [-0.39, 0.29) is 5.91 Å². The van der Waals surface area contributed by atoms with Crippen molar-refractivity contribution in [1.29, 1.82) is 0 Å². The Kier molecular flexibility index (Phi) is 7.76. The quantitative estimate of drug-likeness (QED) is 0.653. The second-order valence-corrected chi connectivity index (χ2v) is 8.28. The molecule has 2 aliphatic rings. The summed E-state index contributed by atoms with van der Waals surface area (Å²) in [6, 6.07) is 0. The number of aromatic nitrogens is 3. The van der Waals surface area contributed by atoms with Crippen molar-refractivity contribution >= 4 is 17.7 Å². The molecule has 146 valence electrons. The van der Waals surface area contributed by atoms with E-state index in [2.05, 4.69) is 20.4 Å².